The largest absolute Gasteiger partial charge is 0.329 e. The highest BCUT2D eigenvalue weighted by molar-refractivity contribution is 6.30. The highest BCUT2D eigenvalue weighted by atomic mass is 35.5. The molecule has 0 spiro atoms. The molecule has 0 unspecified atom stereocenters. The van der Waals surface area contributed by atoms with Gasteiger partial charge in [-0.15, -0.1) is 10.2 Å². The third-order valence-corrected chi connectivity index (χ3v) is 6.64. The molecule has 0 atom stereocenters. The third-order valence-electron chi connectivity index (χ3n) is 6.22. The number of aromatic nitrogens is 7. The maximum absolute atomic E-state index is 13.3. The quantitative estimate of drug-likeness (QED) is 0.262. The van der Waals surface area contributed by atoms with Crippen LogP contribution in [0.15, 0.2) is 47.4 Å². The van der Waals surface area contributed by atoms with Crippen molar-refractivity contribution in [2.75, 3.05) is 0 Å². The minimum Gasteiger partial charge on any atom is -0.290 e. The molecule has 8 nitrogen and oxygen atoms in total. The number of unbranched alkanes of at least 4 members (excludes halogenated alkanes) is 4. The normalized spacial score (nSPS) is 11.3. The second-order valence-electron chi connectivity index (χ2n) is 8.75. The molecule has 3 heterocycles. The number of benzene rings is 1. The summed E-state index contributed by atoms with van der Waals surface area (Å²) in [5, 5.41) is 15.0. The maximum Gasteiger partial charge on any atom is 0.329 e. The standard InChI is InChI=1S/C26H32ClN7O/c1-3-5-7-13-23-24(27)33(16-10-6-4-2)26(35)34(23)18-19-14-15-22(28-17-19)20-11-8-9-12-21(20)25-29-31-32-30-25/h8-9,11-12,14-15,17H,3-7,10,13,16,18H2,1-2H3,(H,29,30,31,32). The Morgan fingerprint density at radius 3 is 2.40 bits per heavy atom. The van der Waals surface area contributed by atoms with Crippen LogP contribution < -0.4 is 5.69 Å². The number of imidazole rings is 1. The number of H-pyrrole nitrogens is 1. The van der Waals surface area contributed by atoms with E-state index in [-0.39, 0.29) is 5.69 Å². The minimum absolute atomic E-state index is 0.0378. The monoisotopic (exact) mass is 493 g/mol. The summed E-state index contributed by atoms with van der Waals surface area (Å²) < 4.78 is 3.56. The molecule has 4 rings (SSSR count). The summed E-state index contributed by atoms with van der Waals surface area (Å²) in [7, 11) is 0. The van der Waals surface area contributed by atoms with Gasteiger partial charge in [0.15, 0.2) is 0 Å². The smallest absolute Gasteiger partial charge is 0.290 e. The molecule has 184 valence electrons. The van der Waals surface area contributed by atoms with E-state index in [0.29, 0.717) is 24.1 Å². The second kappa shape index (κ2) is 11.9. The lowest BCUT2D eigenvalue weighted by molar-refractivity contribution is 0.573. The first-order valence-corrected chi connectivity index (χ1v) is 12.8. The molecule has 3 aromatic heterocycles. The molecule has 0 aliphatic carbocycles. The molecule has 0 aliphatic heterocycles. The lowest BCUT2D eigenvalue weighted by Gasteiger charge is -2.09. The maximum atomic E-state index is 13.3. The lowest BCUT2D eigenvalue weighted by atomic mass is 10.0. The molecular weight excluding hydrogens is 462 g/mol. The fourth-order valence-corrected chi connectivity index (χ4v) is 4.66. The molecule has 35 heavy (non-hydrogen) atoms. The fourth-order valence-electron chi connectivity index (χ4n) is 4.31. The van der Waals surface area contributed by atoms with E-state index in [9.17, 15) is 4.79 Å². The van der Waals surface area contributed by atoms with Crippen molar-refractivity contribution in [2.24, 2.45) is 0 Å². The van der Waals surface area contributed by atoms with Crippen LogP contribution in [0.5, 0.6) is 0 Å². The number of halogens is 1. The Labute approximate surface area is 210 Å². The number of hydrogen-bond donors (Lipinski definition) is 1. The number of rotatable bonds is 12. The minimum atomic E-state index is -0.0378. The first kappa shape index (κ1) is 24.9. The number of pyridine rings is 1. The van der Waals surface area contributed by atoms with E-state index in [4.69, 9.17) is 16.6 Å². The van der Waals surface area contributed by atoms with Crippen LogP contribution in [0.2, 0.25) is 5.15 Å². The van der Waals surface area contributed by atoms with Crippen LogP contribution in [0.4, 0.5) is 0 Å². The van der Waals surface area contributed by atoms with Crippen LogP contribution in [0, 0.1) is 0 Å². The van der Waals surface area contributed by atoms with Crippen molar-refractivity contribution in [2.45, 2.75) is 71.9 Å². The van der Waals surface area contributed by atoms with E-state index >= 15 is 0 Å². The first-order valence-electron chi connectivity index (χ1n) is 12.4. The van der Waals surface area contributed by atoms with Crippen LogP contribution in [-0.2, 0) is 19.5 Å². The molecule has 1 N–H and O–H groups in total. The second-order valence-corrected chi connectivity index (χ2v) is 9.11. The predicted molar refractivity (Wildman–Crippen MR) is 138 cm³/mol. The summed E-state index contributed by atoms with van der Waals surface area (Å²) in [6.07, 6.45) is 9.00. The summed E-state index contributed by atoms with van der Waals surface area (Å²) in [6.45, 7) is 5.43. The third kappa shape index (κ3) is 5.70. The molecule has 1 aromatic carbocycles. The molecule has 0 saturated carbocycles. The van der Waals surface area contributed by atoms with E-state index in [1.807, 2.05) is 47.2 Å². The van der Waals surface area contributed by atoms with Crippen molar-refractivity contribution in [1.29, 1.82) is 0 Å². The number of tetrazole rings is 1. The Kier molecular flexibility index (Phi) is 8.47. The average molecular weight is 494 g/mol. The van der Waals surface area contributed by atoms with Gasteiger partial charge in [0, 0.05) is 23.9 Å². The Morgan fingerprint density at radius 2 is 1.71 bits per heavy atom. The number of aromatic amines is 1. The highest BCUT2D eigenvalue weighted by Crippen LogP contribution is 2.28. The van der Waals surface area contributed by atoms with Gasteiger partial charge in [0.05, 0.1) is 17.9 Å². The predicted octanol–water partition coefficient (Wildman–Crippen LogP) is 5.52. The average Bonchev–Trinajstić information content (AvgIpc) is 3.49. The van der Waals surface area contributed by atoms with E-state index in [1.165, 1.54) is 0 Å². The van der Waals surface area contributed by atoms with Gasteiger partial charge in [0.25, 0.3) is 0 Å². The van der Waals surface area contributed by atoms with Crippen LogP contribution in [0.3, 0.4) is 0 Å². The summed E-state index contributed by atoms with van der Waals surface area (Å²) in [5.74, 6) is 0.522. The first-order chi connectivity index (χ1) is 17.1. The zero-order valence-electron chi connectivity index (χ0n) is 20.4. The van der Waals surface area contributed by atoms with Crippen molar-refractivity contribution in [1.82, 2.24) is 34.7 Å². The molecule has 0 amide bonds. The summed E-state index contributed by atoms with van der Waals surface area (Å²) in [6, 6.07) is 11.8. The highest BCUT2D eigenvalue weighted by Gasteiger charge is 2.19. The summed E-state index contributed by atoms with van der Waals surface area (Å²) in [4.78, 5) is 18.0. The van der Waals surface area contributed by atoms with Crippen LogP contribution in [0.1, 0.15) is 63.6 Å². The van der Waals surface area contributed by atoms with E-state index in [0.717, 1.165) is 73.0 Å². The molecule has 0 aliphatic rings. The van der Waals surface area contributed by atoms with Gasteiger partial charge in [0.1, 0.15) is 5.15 Å². The van der Waals surface area contributed by atoms with Crippen molar-refractivity contribution >= 4 is 11.6 Å². The molecule has 0 fully saturated rings. The zero-order valence-corrected chi connectivity index (χ0v) is 21.1. The molecule has 0 saturated heterocycles. The van der Waals surface area contributed by atoms with Gasteiger partial charge in [-0.3, -0.25) is 14.1 Å². The molecule has 0 radical (unpaired) electrons. The lowest BCUT2D eigenvalue weighted by Crippen LogP contribution is -2.26. The molecular formula is C26H32ClN7O. The molecule has 0 bridgehead atoms. The Balaban J connectivity index is 1.61. The fraction of sp³-hybridized carbons (Fsp3) is 0.423. The number of hydrogen-bond acceptors (Lipinski definition) is 5. The van der Waals surface area contributed by atoms with E-state index in [2.05, 4.69) is 34.5 Å². The van der Waals surface area contributed by atoms with Gasteiger partial charge >= 0.3 is 5.69 Å². The zero-order chi connectivity index (χ0) is 24.6. The van der Waals surface area contributed by atoms with Crippen LogP contribution in [0.25, 0.3) is 22.6 Å². The van der Waals surface area contributed by atoms with E-state index in [1.54, 1.807) is 4.57 Å². The van der Waals surface area contributed by atoms with Gasteiger partial charge < -0.3 is 0 Å². The Morgan fingerprint density at radius 1 is 0.943 bits per heavy atom. The van der Waals surface area contributed by atoms with Crippen molar-refractivity contribution in [3.05, 3.63) is 69.5 Å². The van der Waals surface area contributed by atoms with Gasteiger partial charge in [-0.25, -0.2) is 4.79 Å². The van der Waals surface area contributed by atoms with Crippen molar-refractivity contribution in [3.8, 4) is 22.6 Å². The molecule has 4 aromatic rings. The molecule has 9 heteroatoms. The number of nitrogens with zero attached hydrogens (tertiary/aromatic N) is 6. The van der Waals surface area contributed by atoms with Gasteiger partial charge in [-0.1, -0.05) is 81.5 Å². The van der Waals surface area contributed by atoms with Gasteiger partial charge in [-0.05, 0) is 36.1 Å². The van der Waals surface area contributed by atoms with Crippen LogP contribution in [-0.4, -0.2) is 34.7 Å². The topological polar surface area (TPSA) is 94.3 Å². The van der Waals surface area contributed by atoms with Gasteiger partial charge in [0.2, 0.25) is 5.82 Å². The van der Waals surface area contributed by atoms with E-state index < -0.39 is 0 Å². The number of nitrogens with one attached hydrogen (secondary N) is 1. The van der Waals surface area contributed by atoms with Crippen LogP contribution >= 0.6 is 11.6 Å². The van der Waals surface area contributed by atoms with Crippen molar-refractivity contribution in [3.63, 3.8) is 0 Å². The van der Waals surface area contributed by atoms with Crippen molar-refractivity contribution < 1.29 is 0 Å². The summed E-state index contributed by atoms with van der Waals surface area (Å²) >= 11 is 6.74. The summed E-state index contributed by atoms with van der Waals surface area (Å²) in [5.41, 5.74) is 4.42. The van der Waals surface area contributed by atoms with Gasteiger partial charge in [-0.2, -0.15) is 5.21 Å². The Bertz CT molecular complexity index is 1280. The SMILES string of the molecule is CCCCCc1c(Cl)n(CCCCC)c(=O)n1Cc1ccc(-c2ccccc2-c2nn[nH]n2)nc1. The Hall–Kier alpha value is -3.26.